The van der Waals surface area contributed by atoms with Gasteiger partial charge in [0.2, 0.25) is 0 Å². The molecule has 0 radical (unpaired) electrons. The van der Waals surface area contributed by atoms with E-state index in [4.69, 9.17) is 4.84 Å². The summed E-state index contributed by atoms with van der Waals surface area (Å²) in [7, 11) is -2.87. The molecule has 5 heteroatoms. The Morgan fingerprint density at radius 3 is 2.43 bits per heavy atom. The Hall–Kier alpha value is -0.130. The van der Waals surface area contributed by atoms with Gasteiger partial charge < -0.3 is 4.84 Å². The van der Waals surface area contributed by atoms with Crippen molar-refractivity contribution in [3.63, 3.8) is 0 Å². The summed E-state index contributed by atoms with van der Waals surface area (Å²) in [5, 5.41) is 0. The summed E-state index contributed by atoms with van der Waals surface area (Å²) in [5.74, 6) is 0.868. The molecule has 14 heavy (non-hydrogen) atoms. The van der Waals surface area contributed by atoms with Crippen LogP contribution < -0.4 is 5.48 Å². The first kappa shape index (κ1) is 13.9. The van der Waals surface area contributed by atoms with Crippen LogP contribution in [0.4, 0.5) is 0 Å². The molecule has 0 fully saturated rings. The van der Waals surface area contributed by atoms with Gasteiger partial charge in [0.15, 0.2) is 9.84 Å². The van der Waals surface area contributed by atoms with Crippen LogP contribution in [-0.4, -0.2) is 33.1 Å². The highest BCUT2D eigenvalue weighted by Crippen LogP contribution is 1.93. The lowest BCUT2D eigenvalue weighted by molar-refractivity contribution is 0.0274. The lowest BCUT2D eigenvalue weighted by atomic mass is 10.2. The molecule has 0 rings (SSSR count). The molecule has 0 aliphatic carbocycles. The summed E-state index contributed by atoms with van der Waals surface area (Å²) in [5.41, 5.74) is 2.65. The van der Waals surface area contributed by atoms with Crippen LogP contribution in [0, 0.1) is 5.92 Å². The van der Waals surface area contributed by atoms with Crippen LogP contribution in [0.1, 0.15) is 27.2 Å². The van der Waals surface area contributed by atoms with Crippen molar-refractivity contribution < 1.29 is 13.3 Å². The van der Waals surface area contributed by atoms with Gasteiger partial charge in [0.1, 0.15) is 0 Å². The number of hydrogen-bond donors (Lipinski definition) is 1. The minimum Gasteiger partial charge on any atom is -0.302 e. The van der Waals surface area contributed by atoms with Crippen LogP contribution >= 0.6 is 0 Å². The molecule has 0 aliphatic heterocycles. The first-order chi connectivity index (χ1) is 6.48. The lowest BCUT2D eigenvalue weighted by Crippen LogP contribution is -2.25. The van der Waals surface area contributed by atoms with E-state index >= 15 is 0 Å². The Morgan fingerprint density at radius 2 is 1.93 bits per heavy atom. The van der Waals surface area contributed by atoms with E-state index in [0.29, 0.717) is 25.5 Å². The standard InChI is InChI=1S/C9H21NO3S/c1-4-6-14(11,12)7-5-10-13-8-9(2)3/h9-10H,4-8H2,1-3H3. The quantitative estimate of drug-likeness (QED) is 0.492. The molecule has 0 aromatic rings. The van der Waals surface area contributed by atoms with Crippen molar-refractivity contribution >= 4 is 9.84 Å². The number of hydrogen-bond acceptors (Lipinski definition) is 4. The molecule has 4 nitrogen and oxygen atoms in total. The number of sulfone groups is 1. The van der Waals surface area contributed by atoms with E-state index in [-0.39, 0.29) is 11.5 Å². The second-order valence-electron chi connectivity index (χ2n) is 3.75. The Bertz CT molecular complexity index is 224. The third-order valence-corrected chi connectivity index (χ3v) is 3.41. The molecule has 0 unspecified atom stereocenters. The SMILES string of the molecule is CCCS(=O)(=O)CCNOCC(C)C. The molecule has 0 saturated carbocycles. The van der Waals surface area contributed by atoms with Crippen molar-refractivity contribution in [2.24, 2.45) is 5.92 Å². The summed E-state index contributed by atoms with van der Waals surface area (Å²) in [6.45, 7) is 6.91. The van der Waals surface area contributed by atoms with Crippen molar-refractivity contribution in [2.75, 3.05) is 24.7 Å². The Morgan fingerprint density at radius 1 is 1.29 bits per heavy atom. The van der Waals surface area contributed by atoms with E-state index < -0.39 is 9.84 Å². The number of hydroxylamine groups is 1. The number of rotatable bonds is 8. The van der Waals surface area contributed by atoms with Gasteiger partial charge in [-0.1, -0.05) is 20.8 Å². The summed E-state index contributed by atoms with van der Waals surface area (Å²) in [4.78, 5) is 5.05. The summed E-state index contributed by atoms with van der Waals surface area (Å²) >= 11 is 0. The minimum atomic E-state index is -2.87. The highest BCUT2D eigenvalue weighted by atomic mass is 32.2. The van der Waals surface area contributed by atoms with Crippen LogP contribution in [0.3, 0.4) is 0 Å². The predicted molar refractivity (Wildman–Crippen MR) is 57.7 cm³/mol. The van der Waals surface area contributed by atoms with Gasteiger partial charge in [-0.15, -0.1) is 0 Å². The van der Waals surface area contributed by atoms with Crippen LogP contribution in [-0.2, 0) is 14.7 Å². The van der Waals surface area contributed by atoms with E-state index in [0.717, 1.165) is 0 Å². The van der Waals surface area contributed by atoms with Crippen molar-refractivity contribution in [2.45, 2.75) is 27.2 Å². The molecular weight excluding hydrogens is 202 g/mol. The lowest BCUT2D eigenvalue weighted by Gasteiger charge is -2.07. The molecular formula is C9H21NO3S. The van der Waals surface area contributed by atoms with Crippen LogP contribution in [0.25, 0.3) is 0 Å². The van der Waals surface area contributed by atoms with E-state index in [9.17, 15) is 8.42 Å². The van der Waals surface area contributed by atoms with E-state index in [1.54, 1.807) is 0 Å². The average Bonchev–Trinajstić information content (AvgIpc) is 2.02. The molecule has 86 valence electrons. The Kier molecular flexibility index (Phi) is 7.13. The fourth-order valence-corrected chi connectivity index (χ4v) is 2.13. The summed E-state index contributed by atoms with van der Waals surface area (Å²) in [6.07, 6.45) is 0.676. The highest BCUT2D eigenvalue weighted by Gasteiger charge is 2.08. The third-order valence-electron chi connectivity index (χ3n) is 1.55. The van der Waals surface area contributed by atoms with E-state index in [1.165, 1.54) is 0 Å². The van der Waals surface area contributed by atoms with Crippen LogP contribution in [0.15, 0.2) is 0 Å². The van der Waals surface area contributed by atoms with Crippen LogP contribution in [0.5, 0.6) is 0 Å². The number of nitrogens with one attached hydrogen (secondary N) is 1. The molecule has 0 aliphatic rings. The second-order valence-corrected chi connectivity index (χ2v) is 6.05. The second kappa shape index (κ2) is 7.20. The van der Waals surface area contributed by atoms with E-state index in [1.807, 2.05) is 20.8 Å². The molecule has 0 amide bonds. The summed E-state index contributed by atoms with van der Waals surface area (Å²) in [6, 6.07) is 0. The molecule has 0 atom stereocenters. The Balaban J connectivity index is 3.45. The Labute approximate surface area is 86.9 Å². The average molecular weight is 223 g/mol. The fourth-order valence-electron chi connectivity index (χ4n) is 0.908. The monoisotopic (exact) mass is 223 g/mol. The molecule has 0 heterocycles. The zero-order valence-electron chi connectivity index (χ0n) is 9.25. The smallest absolute Gasteiger partial charge is 0.151 e. The zero-order valence-corrected chi connectivity index (χ0v) is 10.1. The van der Waals surface area contributed by atoms with Gasteiger partial charge in [-0.05, 0) is 12.3 Å². The van der Waals surface area contributed by atoms with Crippen molar-refractivity contribution in [1.29, 1.82) is 0 Å². The fraction of sp³-hybridized carbons (Fsp3) is 1.00. The normalized spacial score (nSPS) is 12.3. The van der Waals surface area contributed by atoms with Gasteiger partial charge in [0.05, 0.1) is 12.4 Å². The third kappa shape index (κ3) is 8.47. The maximum absolute atomic E-state index is 11.2. The molecule has 0 aromatic heterocycles. The highest BCUT2D eigenvalue weighted by molar-refractivity contribution is 7.91. The topological polar surface area (TPSA) is 55.4 Å². The van der Waals surface area contributed by atoms with Gasteiger partial charge in [0.25, 0.3) is 0 Å². The van der Waals surface area contributed by atoms with Gasteiger partial charge >= 0.3 is 0 Å². The maximum Gasteiger partial charge on any atom is 0.151 e. The molecule has 1 N–H and O–H groups in total. The maximum atomic E-state index is 11.2. The summed E-state index contributed by atoms with van der Waals surface area (Å²) < 4.78 is 22.5. The first-order valence-corrected chi connectivity index (χ1v) is 6.85. The molecule has 0 spiro atoms. The largest absolute Gasteiger partial charge is 0.302 e. The van der Waals surface area contributed by atoms with Gasteiger partial charge in [0, 0.05) is 12.3 Å². The van der Waals surface area contributed by atoms with Crippen LogP contribution in [0.2, 0.25) is 0 Å². The van der Waals surface area contributed by atoms with Gasteiger partial charge in [-0.2, -0.15) is 0 Å². The van der Waals surface area contributed by atoms with Crippen molar-refractivity contribution in [1.82, 2.24) is 5.48 Å². The van der Waals surface area contributed by atoms with E-state index in [2.05, 4.69) is 5.48 Å². The molecule has 0 saturated heterocycles. The predicted octanol–water partition coefficient (Wildman–Crippen LogP) is 0.988. The molecule has 0 bridgehead atoms. The van der Waals surface area contributed by atoms with Gasteiger partial charge in [-0.25, -0.2) is 13.9 Å². The van der Waals surface area contributed by atoms with Crippen molar-refractivity contribution in [3.05, 3.63) is 0 Å². The zero-order chi connectivity index (χ0) is 11.0. The first-order valence-electron chi connectivity index (χ1n) is 5.03. The molecule has 0 aromatic carbocycles. The minimum absolute atomic E-state index is 0.152. The van der Waals surface area contributed by atoms with Crippen molar-refractivity contribution in [3.8, 4) is 0 Å². The van der Waals surface area contributed by atoms with Gasteiger partial charge in [-0.3, -0.25) is 0 Å².